The first-order valence-corrected chi connectivity index (χ1v) is 14.1. The monoisotopic (exact) mass is 607 g/mol. The van der Waals surface area contributed by atoms with Crippen molar-refractivity contribution in [2.24, 2.45) is 0 Å². The number of benzene rings is 4. The summed E-state index contributed by atoms with van der Waals surface area (Å²) >= 11 is 13.6. The molecular weight excluding hydrogens is 584 g/mol. The maximum atomic E-state index is 14.5. The highest BCUT2D eigenvalue weighted by Gasteiger charge is 2.17. The molecule has 0 aliphatic heterocycles. The zero-order valence-corrected chi connectivity index (χ0v) is 24.0. The number of carbonyl (C=O) groups excluding carboxylic acids is 3. The fraction of sp³-hybridized carbons (Fsp3) is 0.0645. The van der Waals surface area contributed by atoms with Gasteiger partial charge in [-0.15, -0.1) is 11.8 Å². The summed E-state index contributed by atoms with van der Waals surface area (Å²) in [6.07, 6.45) is 1.19. The van der Waals surface area contributed by atoms with E-state index in [0.29, 0.717) is 22.0 Å². The Hall–Kier alpha value is -4.11. The number of carbonyl (C=O) groups is 3. The van der Waals surface area contributed by atoms with E-state index in [1.807, 2.05) is 13.0 Å². The van der Waals surface area contributed by atoms with Gasteiger partial charge < -0.3 is 16.0 Å². The molecule has 3 N–H and O–H groups in total. The smallest absolute Gasteiger partial charge is 0.272 e. The first-order chi connectivity index (χ1) is 19.7. The Labute approximate surface area is 250 Å². The molecule has 41 heavy (non-hydrogen) atoms. The van der Waals surface area contributed by atoms with Crippen molar-refractivity contribution >= 4 is 70.1 Å². The summed E-state index contributed by atoms with van der Waals surface area (Å²) in [4.78, 5) is 39.1. The lowest BCUT2D eigenvalue weighted by Crippen LogP contribution is -2.30. The average molecular weight is 609 g/mol. The molecule has 10 heteroatoms. The van der Waals surface area contributed by atoms with E-state index in [9.17, 15) is 18.8 Å². The van der Waals surface area contributed by atoms with Gasteiger partial charge in [-0.25, -0.2) is 4.39 Å². The fourth-order valence-corrected chi connectivity index (χ4v) is 4.68. The second-order valence-corrected chi connectivity index (χ2v) is 10.7. The topological polar surface area (TPSA) is 87.3 Å². The number of amides is 3. The van der Waals surface area contributed by atoms with E-state index in [1.54, 1.807) is 66.7 Å². The molecule has 0 aromatic heterocycles. The molecule has 4 aromatic rings. The summed E-state index contributed by atoms with van der Waals surface area (Å²) < 4.78 is 14.5. The van der Waals surface area contributed by atoms with Crippen LogP contribution in [0.15, 0.2) is 102 Å². The highest BCUT2D eigenvalue weighted by molar-refractivity contribution is 8.00. The van der Waals surface area contributed by atoms with Gasteiger partial charge in [-0.2, -0.15) is 0 Å². The number of hydrogen-bond donors (Lipinski definition) is 3. The molecule has 0 radical (unpaired) electrons. The molecule has 0 saturated heterocycles. The Kier molecular flexibility index (Phi) is 10.2. The SMILES string of the molecule is Cc1ccc(NC(=O)CSc2ccc(NC(=O)/C(=C/c3c(F)cccc3Cl)NC(=O)c3ccccc3)cc2)cc1Cl. The van der Waals surface area contributed by atoms with Crippen LogP contribution in [0, 0.1) is 12.7 Å². The Morgan fingerprint density at radius 1 is 0.829 bits per heavy atom. The summed E-state index contributed by atoms with van der Waals surface area (Å²) in [5, 5.41) is 8.72. The van der Waals surface area contributed by atoms with Crippen LogP contribution in [0.25, 0.3) is 6.08 Å². The average Bonchev–Trinajstić information content (AvgIpc) is 2.96. The third-order valence-corrected chi connectivity index (χ3v) is 7.50. The molecule has 0 aliphatic rings. The molecule has 0 unspecified atom stereocenters. The maximum absolute atomic E-state index is 14.5. The molecule has 3 amide bonds. The van der Waals surface area contributed by atoms with Crippen LogP contribution in [0.3, 0.4) is 0 Å². The highest BCUT2D eigenvalue weighted by Crippen LogP contribution is 2.24. The molecule has 0 fully saturated rings. The van der Waals surface area contributed by atoms with Gasteiger partial charge in [0.05, 0.1) is 10.8 Å². The predicted molar refractivity (Wildman–Crippen MR) is 164 cm³/mol. The Morgan fingerprint density at radius 3 is 2.22 bits per heavy atom. The van der Waals surface area contributed by atoms with Crippen molar-refractivity contribution in [1.82, 2.24) is 5.32 Å². The highest BCUT2D eigenvalue weighted by atomic mass is 35.5. The molecule has 4 rings (SSSR count). The van der Waals surface area contributed by atoms with Crippen molar-refractivity contribution in [3.05, 3.63) is 129 Å². The molecule has 0 saturated carbocycles. The Bertz CT molecular complexity index is 1590. The van der Waals surface area contributed by atoms with Gasteiger partial charge in [-0.1, -0.05) is 53.5 Å². The third-order valence-electron chi connectivity index (χ3n) is 5.75. The molecule has 0 spiro atoms. The van der Waals surface area contributed by atoms with Crippen LogP contribution in [0.4, 0.5) is 15.8 Å². The van der Waals surface area contributed by atoms with Crippen LogP contribution in [0.5, 0.6) is 0 Å². The summed E-state index contributed by atoms with van der Waals surface area (Å²) in [6, 6.07) is 24.6. The quantitative estimate of drug-likeness (QED) is 0.135. The number of aryl methyl sites for hydroxylation is 1. The van der Waals surface area contributed by atoms with Crippen LogP contribution < -0.4 is 16.0 Å². The summed E-state index contributed by atoms with van der Waals surface area (Å²) in [7, 11) is 0. The molecule has 0 aliphatic carbocycles. The van der Waals surface area contributed by atoms with Crippen LogP contribution in [-0.4, -0.2) is 23.5 Å². The lowest BCUT2D eigenvalue weighted by molar-refractivity contribution is -0.114. The van der Waals surface area contributed by atoms with Crippen LogP contribution in [0.1, 0.15) is 21.5 Å². The first-order valence-electron chi connectivity index (χ1n) is 12.3. The van der Waals surface area contributed by atoms with Gasteiger partial charge in [0.15, 0.2) is 0 Å². The standard InChI is InChI=1S/C31H24Cl2FN3O3S/c1-19-10-11-22(16-26(19)33)35-29(38)18-41-23-14-12-21(13-15-23)36-31(40)28(17-24-25(32)8-5-9-27(24)34)37-30(39)20-6-3-2-4-7-20/h2-17H,18H2,1H3,(H,35,38)(H,36,40)(H,37,39)/b28-17-. The molecule has 0 heterocycles. The van der Waals surface area contributed by atoms with Gasteiger partial charge in [-0.3, -0.25) is 14.4 Å². The van der Waals surface area contributed by atoms with E-state index in [0.717, 1.165) is 10.5 Å². The number of hydrogen-bond acceptors (Lipinski definition) is 4. The third kappa shape index (κ3) is 8.44. The van der Waals surface area contributed by atoms with Crippen molar-refractivity contribution in [3.63, 3.8) is 0 Å². The predicted octanol–water partition coefficient (Wildman–Crippen LogP) is 7.58. The van der Waals surface area contributed by atoms with E-state index in [-0.39, 0.29) is 27.9 Å². The van der Waals surface area contributed by atoms with Gasteiger partial charge in [-0.05, 0) is 79.2 Å². The first kappa shape index (κ1) is 29.9. The zero-order chi connectivity index (χ0) is 29.4. The lowest BCUT2D eigenvalue weighted by Gasteiger charge is -2.12. The van der Waals surface area contributed by atoms with E-state index in [4.69, 9.17) is 23.2 Å². The second kappa shape index (κ2) is 14.0. The van der Waals surface area contributed by atoms with Crippen molar-refractivity contribution < 1.29 is 18.8 Å². The van der Waals surface area contributed by atoms with Gasteiger partial charge >= 0.3 is 0 Å². The molecule has 0 atom stereocenters. The van der Waals surface area contributed by atoms with Gasteiger partial charge in [0.25, 0.3) is 11.8 Å². The minimum atomic E-state index is -0.676. The minimum Gasteiger partial charge on any atom is -0.325 e. The number of anilines is 2. The van der Waals surface area contributed by atoms with Crippen LogP contribution in [0.2, 0.25) is 10.0 Å². The van der Waals surface area contributed by atoms with E-state index in [2.05, 4.69) is 16.0 Å². The Balaban J connectivity index is 1.43. The number of halogens is 3. The van der Waals surface area contributed by atoms with E-state index >= 15 is 0 Å². The van der Waals surface area contributed by atoms with Crippen molar-refractivity contribution in [2.45, 2.75) is 11.8 Å². The lowest BCUT2D eigenvalue weighted by atomic mass is 10.1. The summed E-state index contributed by atoms with van der Waals surface area (Å²) in [6.45, 7) is 1.88. The van der Waals surface area contributed by atoms with Crippen molar-refractivity contribution in [2.75, 3.05) is 16.4 Å². The molecule has 6 nitrogen and oxygen atoms in total. The number of rotatable bonds is 9. The fourth-order valence-electron chi connectivity index (χ4n) is 3.58. The number of thioether (sulfide) groups is 1. The maximum Gasteiger partial charge on any atom is 0.272 e. The normalized spacial score (nSPS) is 11.1. The van der Waals surface area contributed by atoms with Crippen LogP contribution in [-0.2, 0) is 9.59 Å². The largest absolute Gasteiger partial charge is 0.325 e. The molecule has 4 aromatic carbocycles. The minimum absolute atomic E-state index is 0.0365. The molecule has 208 valence electrons. The van der Waals surface area contributed by atoms with Crippen molar-refractivity contribution in [1.29, 1.82) is 0 Å². The van der Waals surface area contributed by atoms with Gasteiger partial charge in [0.1, 0.15) is 11.5 Å². The molecule has 0 bridgehead atoms. The molecular formula is C31H24Cl2FN3O3S. The number of nitrogens with one attached hydrogen (secondary N) is 3. The second-order valence-electron chi connectivity index (χ2n) is 8.79. The summed E-state index contributed by atoms with van der Waals surface area (Å²) in [5.41, 5.74) is 2.05. The van der Waals surface area contributed by atoms with E-state index < -0.39 is 17.6 Å². The zero-order valence-electron chi connectivity index (χ0n) is 21.7. The van der Waals surface area contributed by atoms with E-state index in [1.165, 1.54) is 36.0 Å². The van der Waals surface area contributed by atoms with Crippen molar-refractivity contribution in [3.8, 4) is 0 Å². The van der Waals surface area contributed by atoms with Crippen LogP contribution >= 0.6 is 35.0 Å². The Morgan fingerprint density at radius 2 is 1.54 bits per heavy atom. The van der Waals surface area contributed by atoms with Gasteiger partial charge in [0, 0.05) is 32.4 Å². The summed E-state index contributed by atoms with van der Waals surface area (Å²) in [5.74, 6) is -1.89. The van der Waals surface area contributed by atoms with Gasteiger partial charge in [0.2, 0.25) is 5.91 Å².